The predicted molar refractivity (Wildman–Crippen MR) is 122 cm³/mol. The third-order valence-electron chi connectivity index (χ3n) is 3.10. The zero-order chi connectivity index (χ0) is 25.8. The molecule has 0 unspecified atom stereocenters. The number of halogens is 2. The number of benzene rings is 2. The second-order valence-electron chi connectivity index (χ2n) is 5.61. The molecule has 0 spiro atoms. The van der Waals surface area contributed by atoms with Crippen molar-refractivity contribution in [3.05, 3.63) is 65.5 Å². The molecule has 17 heteroatoms. The number of nitrogens with one attached hydrogen (secondary N) is 2. The van der Waals surface area contributed by atoms with Crippen molar-refractivity contribution in [3.63, 3.8) is 0 Å². The van der Waals surface area contributed by atoms with Crippen LogP contribution >= 0.6 is 0 Å². The van der Waals surface area contributed by atoms with Gasteiger partial charge in [0.15, 0.2) is 0 Å². The Morgan fingerprint density at radius 1 is 0.853 bits per heavy atom. The Balaban J connectivity index is -0.000000423. The van der Waals surface area contributed by atoms with Gasteiger partial charge in [0.1, 0.15) is 5.82 Å². The maximum absolute atomic E-state index is 12.6. The molecule has 0 fully saturated rings. The topological polar surface area (TPSA) is 258 Å². The van der Waals surface area contributed by atoms with E-state index in [2.05, 4.69) is 39.2 Å². The average Bonchev–Trinajstić information content (AvgIpc) is 2.71. The second-order valence-corrected chi connectivity index (χ2v) is 9.50. The molecule has 0 aromatic heterocycles. The molecule has 0 saturated heterocycles. The van der Waals surface area contributed by atoms with Gasteiger partial charge in [0.25, 0.3) is 0 Å². The fourth-order valence-corrected chi connectivity index (χ4v) is 3.58. The van der Waals surface area contributed by atoms with Gasteiger partial charge < -0.3 is 18.2 Å². The molecule has 0 aliphatic carbocycles. The van der Waals surface area contributed by atoms with Crippen molar-refractivity contribution in [1.82, 2.24) is 0 Å². The van der Waals surface area contributed by atoms with Gasteiger partial charge in [0, 0.05) is 0 Å². The van der Waals surface area contributed by atoms with Crippen LogP contribution in [0, 0.1) is 5.82 Å². The van der Waals surface area contributed by atoms with Gasteiger partial charge in [-0.3, -0.25) is 29.6 Å². The molecule has 12 nitrogen and oxygen atoms in total. The maximum atomic E-state index is 12.6. The zero-order valence-corrected chi connectivity index (χ0v) is 22.4. The van der Waals surface area contributed by atoms with Crippen molar-refractivity contribution in [2.24, 2.45) is 22.9 Å². The van der Waals surface area contributed by atoms with Gasteiger partial charge in [-0.2, -0.15) is 0 Å². The van der Waals surface area contributed by atoms with Crippen LogP contribution in [-0.4, -0.2) is 59.7 Å². The van der Waals surface area contributed by atoms with Crippen LogP contribution in [0.1, 0.15) is 11.1 Å². The molecule has 192 valence electrons. The first-order valence-corrected chi connectivity index (χ1v) is 14.9. The molecule has 0 aliphatic heterocycles. The molecule has 2 aromatic rings. The number of rotatable bonds is 5. The van der Waals surface area contributed by atoms with Crippen LogP contribution in [0.25, 0.3) is 0 Å². The van der Waals surface area contributed by atoms with Gasteiger partial charge in [-0.05, 0) is 17.7 Å². The van der Waals surface area contributed by atoms with Gasteiger partial charge in [0.2, 0.25) is 0 Å². The van der Waals surface area contributed by atoms with E-state index < -0.39 is 22.7 Å². The summed E-state index contributed by atoms with van der Waals surface area (Å²) in [6, 6.07) is 14.8. The fraction of sp³-hybridized carbons (Fsp3) is 0.176. The Morgan fingerprint density at radius 3 is 1.59 bits per heavy atom. The second kappa shape index (κ2) is 22.6. The molecule has 0 saturated carbocycles. The summed E-state index contributed by atoms with van der Waals surface area (Å²) in [5.74, 6) is 0.158. The summed E-state index contributed by atoms with van der Waals surface area (Å²) in [5, 5.41) is 0. The molecule has 0 heterocycles. The molecular formula is C17H26F2N6O6S2Sn-2. The molecule has 2 aromatic carbocycles. The fourth-order valence-electron chi connectivity index (χ4n) is 1.89. The van der Waals surface area contributed by atoms with E-state index in [1.165, 1.54) is 21.3 Å². The predicted octanol–water partition coefficient (Wildman–Crippen LogP) is -5.26. The number of hydrogen-bond donors (Lipinski definition) is 6. The van der Waals surface area contributed by atoms with Crippen molar-refractivity contribution < 1.29 is 45.7 Å². The summed E-state index contributed by atoms with van der Waals surface area (Å²) < 4.78 is 64.8. The number of nitrogens with two attached hydrogens (primary N) is 4. The average molecular weight is 631 g/mol. The van der Waals surface area contributed by atoms with E-state index in [0.717, 1.165) is 12.1 Å². The van der Waals surface area contributed by atoms with Gasteiger partial charge in [-0.25, -0.2) is 4.39 Å². The van der Waals surface area contributed by atoms with E-state index >= 15 is 0 Å². The van der Waals surface area contributed by atoms with Crippen LogP contribution in [0.4, 0.5) is 9.09 Å². The Bertz CT molecular complexity index is 915. The summed E-state index contributed by atoms with van der Waals surface area (Å²) in [4.78, 5) is 7.90. The normalized spacial score (nSPS) is 9.06. The van der Waals surface area contributed by atoms with E-state index in [1.54, 1.807) is 12.1 Å². The summed E-state index contributed by atoms with van der Waals surface area (Å²) in [6.07, 6.45) is 0. The molecule has 0 bridgehead atoms. The minimum absolute atomic E-state index is 0. The van der Waals surface area contributed by atoms with E-state index in [9.17, 15) is 4.39 Å². The Labute approximate surface area is 210 Å². The van der Waals surface area contributed by atoms with E-state index in [4.69, 9.17) is 49.6 Å². The summed E-state index contributed by atoms with van der Waals surface area (Å²) in [5.41, 5.74) is 23.0. The standard InChI is InChI=1S/C8H10FN3.C8H10N3.CH3.FH.2H2O3S.Sn/c9-7-3-1-2-6(4-7)5-12-8(10)11;9-8(10)11-6-7-4-2-1-3-5-7;;;2*1-4(2)3;/h1-4H,5H2,(H4,10,11,12);1-2,4-5H,6H2,(H4,9,10,11);1H3;1H;2*(H2,1,2,3);/p-2. The van der Waals surface area contributed by atoms with Crippen molar-refractivity contribution in [3.8, 4) is 0 Å². The first kappa shape index (κ1) is 36.3. The molecule has 0 atom stereocenters. The molecule has 34 heavy (non-hydrogen) atoms. The Kier molecular flexibility index (Phi) is 24.1. The SMILES string of the molecule is F.NC(N)=[NH+]Cc1cccc(F)c1.O=S([O-])[O-].O=S([O-])[O-].[CH3][Sn][c]1cccc(C[NH+]=C(N)N)c1. The summed E-state index contributed by atoms with van der Waals surface area (Å²) >= 11 is -6.54. The molecule has 0 amide bonds. The van der Waals surface area contributed by atoms with Gasteiger partial charge >= 0.3 is 94.4 Å². The number of guanidine groups is 2. The van der Waals surface area contributed by atoms with Crippen molar-refractivity contribution in [1.29, 1.82) is 0 Å². The minimum atomic E-state index is -3.11. The Morgan fingerprint density at radius 2 is 1.24 bits per heavy atom. The van der Waals surface area contributed by atoms with Crippen LogP contribution < -0.4 is 36.5 Å². The molecule has 10 N–H and O–H groups in total. The third-order valence-corrected chi connectivity index (χ3v) is 5.63. The quantitative estimate of drug-likeness (QED) is 0.0791. The molecule has 2 radical (unpaired) electrons. The molecular weight excluding hydrogens is 605 g/mol. The Hall–Kier alpha value is -2.22. The van der Waals surface area contributed by atoms with Crippen LogP contribution in [0.3, 0.4) is 0 Å². The van der Waals surface area contributed by atoms with Gasteiger partial charge in [-0.1, -0.05) is 12.1 Å². The monoisotopic (exact) mass is 632 g/mol. The van der Waals surface area contributed by atoms with Crippen LogP contribution in [0.2, 0.25) is 4.94 Å². The van der Waals surface area contributed by atoms with Crippen molar-refractivity contribution in [2.75, 3.05) is 0 Å². The molecule has 2 rings (SSSR count). The zero-order valence-electron chi connectivity index (χ0n) is 17.9. The van der Waals surface area contributed by atoms with Crippen LogP contribution in [-0.2, 0) is 35.8 Å². The first-order valence-electron chi connectivity index (χ1n) is 8.65. The van der Waals surface area contributed by atoms with E-state index in [-0.39, 0.29) is 43.6 Å². The molecule has 0 aliphatic rings. The van der Waals surface area contributed by atoms with Crippen LogP contribution in [0.5, 0.6) is 0 Å². The summed E-state index contributed by atoms with van der Waals surface area (Å²) in [7, 11) is 0. The van der Waals surface area contributed by atoms with Gasteiger partial charge in [-0.15, -0.1) is 22.7 Å². The van der Waals surface area contributed by atoms with Gasteiger partial charge in [0.05, 0.1) is 6.54 Å². The van der Waals surface area contributed by atoms with Crippen LogP contribution in [0.15, 0.2) is 48.5 Å². The first-order chi connectivity index (χ1) is 15.4. The van der Waals surface area contributed by atoms with E-state index in [1.807, 2.05) is 0 Å². The number of hydrogen-bond acceptors (Lipinski definition) is 6. The van der Waals surface area contributed by atoms with Crippen molar-refractivity contribution in [2.45, 2.75) is 18.0 Å². The third kappa shape index (κ3) is 27.8. The summed E-state index contributed by atoms with van der Waals surface area (Å²) in [6.45, 7) is 1.16. The van der Waals surface area contributed by atoms with E-state index in [0.29, 0.717) is 6.54 Å². The van der Waals surface area contributed by atoms with Crippen molar-refractivity contribution >= 4 is 59.4 Å².